The second kappa shape index (κ2) is 7.73. The molecule has 0 bridgehead atoms. The summed E-state index contributed by atoms with van der Waals surface area (Å²) in [5.41, 5.74) is -0.919. The molecule has 1 aliphatic rings. The number of hydrogen-bond donors (Lipinski definition) is 2. The van der Waals surface area contributed by atoms with E-state index in [4.69, 9.17) is 0 Å². The van der Waals surface area contributed by atoms with Gasteiger partial charge >= 0.3 is 0 Å². The molecule has 0 saturated carbocycles. The Hall–Kier alpha value is -0.170. The molecule has 0 aliphatic carbocycles. The van der Waals surface area contributed by atoms with Crippen LogP contribution >= 0.6 is 0 Å². The molecule has 1 atom stereocenters. The molecule has 0 radical (unpaired) electrons. The van der Waals surface area contributed by atoms with Crippen LogP contribution in [0.5, 0.6) is 0 Å². The van der Waals surface area contributed by atoms with Crippen LogP contribution in [-0.2, 0) is 10.2 Å². The van der Waals surface area contributed by atoms with E-state index in [-0.39, 0.29) is 6.54 Å². The third-order valence-electron chi connectivity index (χ3n) is 3.97. The molecule has 1 aliphatic heterocycles. The van der Waals surface area contributed by atoms with Crippen molar-refractivity contribution in [3.8, 4) is 0 Å². The van der Waals surface area contributed by atoms with E-state index in [0.29, 0.717) is 31.8 Å². The predicted molar refractivity (Wildman–Crippen MR) is 81.7 cm³/mol. The Morgan fingerprint density at radius 1 is 1.30 bits per heavy atom. The van der Waals surface area contributed by atoms with Crippen molar-refractivity contribution in [2.75, 3.05) is 19.6 Å². The van der Waals surface area contributed by atoms with Gasteiger partial charge in [-0.25, -0.2) is 0 Å². The largest absolute Gasteiger partial charge is 0.389 e. The van der Waals surface area contributed by atoms with Crippen LogP contribution in [0.15, 0.2) is 0 Å². The maximum atomic E-state index is 12.3. The Kier molecular flexibility index (Phi) is 6.91. The number of rotatable bonds is 8. The molecule has 1 heterocycles. The highest BCUT2D eigenvalue weighted by Gasteiger charge is 2.31. The number of piperidine rings is 1. The van der Waals surface area contributed by atoms with Crippen LogP contribution in [0, 0.1) is 5.92 Å². The maximum Gasteiger partial charge on any atom is 0.279 e. The summed E-state index contributed by atoms with van der Waals surface area (Å²) in [7, 11) is -3.46. The van der Waals surface area contributed by atoms with Gasteiger partial charge in [0.05, 0.1) is 5.60 Å². The van der Waals surface area contributed by atoms with Gasteiger partial charge in [0.2, 0.25) is 0 Å². The number of nitrogens with one attached hydrogen (secondary N) is 1. The first-order valence-electron chi connectivity index (χ1n) is 7.80. The predicted octanol–water partition coefficient (Wildman–Crippen LogP) is 1.88. The zero-order valence-corrected chi connectivity index (χ0v) is 13.9. The monoisotopic (exact) mass is 306 g/mol. The van der Waals surface area contributed by atoms with Crippen LogP contribution in [0.2, 0.25) is 0 Å². The Morgan fingerprint density at radius 2 is 1.90 bits per heavy atom. The van der Waals surface area contributed by atoms with Crippen LogP contribution in [0.1, 0.15) is 59.3 Å². The standard InChI is InChI=1S/C14H30N2O3S/c1-4-8-14(17,9-5-2)12-15-20(18,19)16-10-6-7-13(3)11-16/h13,15,17H,4-12H2,1-3H3. The first kappa shape index (κ1) is 17.9. The lowest BCUT2D eigenvalue weighted by Gasteiger charge is -2.32. The summed E-state index contributed by atoms with van der Waals surface area (Å²) in [6.45, 7) is 7.35. The van der Waals surface area contributed by atoms with Gasteiger partial charge in [-0.15, -0.1) is 0 Å². The quantitative estimate of drug-likeness (QED) is 0.719. The molecule has 0 spiro atoms. The van der Waals surface area contributed by atoms with Gasteiger partial charge in [-0.1, -0.05) is 33.6 Å². The zero-order valence-electron chi connectivity index (χ0n) is 13.1. The highest BCUT2D eigenvalue weighted by Crippen LogP contribution is 2.21. The third-order valence-corrected chi connectivity index (χ3v) is 5.49. The summed E-state index contributed by atoms with van der Waals surface area (Å²) in [5, 5.41) is 10.5. The van der Waals surface area contributed by atoms with E-state index in [1.807, 2.05) is 13.8 Å². The zero-order chi connectivity index (χ0) is 15.2. The van der Waals surface area contributed by atoms with Gasteiger partial charge in [0.15, 0.2) is 0 Å². The molecule has 6 heteroatoms. The molecule has 120 valence electrons. The van der Waals surface area contributed by atoms with Gasteiger partial charge in [-0.3, -0.25) is 0 Å². The van der Waals surface area contributed by atoms with Gasteiger partial charge in [0.25, 0.3) is 10.2 Å². The molecule has 1 saturated heterocycles. The van der Waals surface area contributed by atoms with E-state index in [1.54, 1.807) is 0 Å². The number of aliphatic hydroxyl groups is 1. The van der Waals surface area contributed by atoms with Crippen molar-refractivity contribution in [1.29, 1.82) is 0 Å². The Labute approximate surface area is 123 Å². The van der Waals surface area contributed by atoms with Gasteiger partial charge in [0.1, 0.15) is 0 Å². The normalized spacial score (nSPS) is 22.1. The van der Waals surface area contributed by atoms with Crippen molar-refractivity contribution in [2.45, 2.75) is 64.9 Å². The smallest absolute Gasteiger partial charge is 0.279 e. The van der Waals surface area contributed by atoms with E-state index in [1.165, 1.54) is 4.31 Å². The van der Waals surface area contributed by atoms with Crippen LogP contribution in [0.3, 0.4) is 0 Å². The van der Waals surface area contributed by atoms with E-state index in [2.05, 4.69) is 11.6 Å². The van der Waals surface area contributed by atoms with E-state index in [0.717, 1.165) is 25.7 Å². The summed E-state index contributed by atoms with van der Waals surface area (Å²) in [6, 6.07) is 0. The average molecular weight is 306 g/mol. The highest BCUT2D eigenvalue weighted by molar-refractivity contribution is 7.87. The van der Waals surface area contributed by atoms with Crippen LogP contribution in [0.4, 0.5) is 0 Å². The van der Waals surface area contributed by atoms with Crippen LogP contribution in [-0.4, -0.2) is 43.1 Å². The number of nitrogens with zero attached hydrogens (tertiary/aromatic N) is 1. The molecular formula is C14H30N2O3S. The van der Waals surface area contributed by atoms with Gasteiger partial charge in [-0.05, 0) is 31.6 Å². The minimum atomic E-state index is -3.46. The van der Waals surface area contributed by atoms with Crippen molar-refractivity contribution in [3.63, 3.8) is 0 Å². The Balaban J connectivity index is 2.61. The van der Waals surface area contributed by atoms with Crippen LogP contribution in [0.25, 0.3) is 0 Å². The maximum absolute atomic E-state index is 12.3. The SMILES string of the molecule is CCCC(O)(CCC)CNS(=O)(=O)N1CCCC(C)C1. The molecule has 1 unspecified atom stereocenters. The van der Waals surface area contributed by atoms with Crippen molar-refractivity contribution < 1.29 is 13.5 Å². The minimum absolute atomic E-state index is 0.113. The molecule has 1 rings (SSSR count). The molecular weight excluding hydrogens is 276 g/mol. The first-order chi connectivity index (χ1) is 9.33. The van der Waals surface area contributed by atoms with Gasteiger partial charge in [0, 0.05) is 19.6 Å². The molecule has 20 heavy (non-hydrogen) atoms. The van der Waals surface area contributed by atoms with Crippen molar-refractivity contribution in [3.05, 3.63) is 0 Å². The first-order valence-corrected chi connectivity index (χ1v) is 9.24. The lowest BCUT2D eigenvalue weighted by Crippen LogP contribution is -2.50. The molecule has 5 nitrogen and oxygen atoms in total. The molecule has 0 aromatic carbocycles. The average Bonchev–Trinajstić information content (AvgIpc) is 2.37. The van der Waals surface area contributed by atoms with E-state index in [9.17, 15) is 13.5 Å². The fourth-order valence-electron chi connectivity index (χ4n) is 2.91. The lowest BCUT2D eigenvalue weighted by atomic mass is 9.93. The number of hydrogen-bond acceptors (Lipinski definition) is 3. The summed E-state index contributed by atoms with van der Waals surface area (Å²) >= 11 is 0. The second-order valence-electron chi connectivity index (χ2n) is 6.16. The molecule has 0 aromatic rings. The van der Waals surface area contributed by atoms with Crippen molar-refractivity contribution >= 4 is 10.2 Å². The lowest BCUT2D eigenvalue weighted by molar-refractivity contribution is 0.0262. The van der Waals surface area contributed by atoms with Crippen molar-refractivity contribution in [1.82, 2.24) is 9.03 Å². The molecule has 2 N–H and O–H groups in total. The van der Waals surface area contributed by atoms with E-state index >= 15 is 0 Å². The second-order valence-corrected chi connectivity index (χ2v) is 7.91. The molecule has 1 fully saturated rings. The topological polar surface area (TPSA) is 69.6 Å². The Bertz CT molecular complexity index is 378. The summed E-state index contributed by atoms with van der Waals surface area (Å²) in [6.07, 6.45) is 4.94. The van der Waals surface area contributed by atoms with Gasteiger partial charge < -0.3 is 5.11 Å². The summed E-state index contributed by atoms with van der Waals surface area (Å²) in [4.78, 5) is 0. The molecule has 0 aromatic heterocycles. The fraction of sp³-hybridized carbons (Fsp3) is 1.00. The Morgan fingerprint density at radius 3 is 2.40 bits per heavy atom. The van der Waals surface area contributed by atoms with Crippen molar-refractivity contribution in [2.24, 2.45) is 5.92 Å². The van der Waals surface area contributed by atoms with Gasteiger partial charge in [-0.2, -0.15) is 17.4 Å². The summed E-state index contributed by atoms with van der Waals surface area (Å²) in [5.74, 6) is 0.408. The molecule has 0 amide bonds. The third kappa shape index (κ3) is 5.31. The fourth-order valence-corrected chi connectivity index (χ4v) is 4.37. The van der Waals surface area contributed by atoms with Crippen LogP contribution < -0.4 is 4.72 Å². The summed E-state index contributed by atoms with van der Waals surface area (Å²) < 4.78 is 28.7. The van der Waals surface area contributed by atoms with E-state index < -0.39 is 15.8 Å². The minimum Gasteiger partial charge on any atom is -0.389 e. The highest BCUT2D eigenvalue weighted by atomic mass is 32.2.